The maximum absolute atomic E-state index is 13.9. The van der Waals surface area contributed by atoms with Crippen LogP contribution in [-0.4, -0.2) is 69.5 Å². The van der Waals surface area contributed by atoms with E-state index in [-0.39, 0.29) is 23.7 Å². The van der Waals surface area contributed by atoms with Crippen LogP contribution in [0.2, 0.25) is 0 Å². The van der Waals surface area contributed by atoms with Gasteiger partial charge in [-0.2, -0.15) is 0 Å². The molecule has 0 aromatic carbocycles. The molecule has 5 aliphatic rings. The van der Waals surface area contributed by atoms with E-state index in [2.05, 4.69) is 33.8 Å². The van der Waals surface area contributed by atoms with Crippen LogP contribution in [0.25, 0.3) is 0 Å². The number of hydrogen-bond donors (Lipinski definition) is 3. The number of rotatable bonds is 1. The predicted octanol–water partition coefficient (Wildman–Crippen LogP) is 4.24. The first kappa shape index (κ1) is 29.7. The van der Waals surface area contributed by atoms with Gasteiger partial charge in [0.25, 0.3) is 0 Å². The van der Waals surface area contributed by atoms with Crippen LogP contribution < -0.4 is 0 Å². The van der Waals surface area contributed by atoms with Crippen molar-refractivity contribution in [1.82, 2.24) is 0 Å². The second-order valence-corrected chi connectivity index (χ2v) is 12.8. The van der Waals surface area contributed by atoms with Gasteiger partial charge in [0.2, 0.25) is 0 Å². The molecule has 5 rings (SSSR count). The average molecular weight is 559 g/mol. The van der Waals surface area contributed by atoms with Gasteiger partial charge in [0, 0.05) is 24.8 Å². The highest BCUT2D eigenvalue weighted by molar-refractivity contribution is 5.78. The van der Waals surface area contributed by atoms with Crippen LogP contribution in [0, 0.1) is 17.8 Å². The molecule has 1 aliphatic carbocycles. The number of aliphatic hydroxyl groups excluding tert-OH is 2. The highest BCUT2D eigenvalue weighted by Gasteiger charge is 2.62. The Hall–Kier alpha value is -1.81. The standard InChI is InChI=1S/C32H46O8/c1-6-26-20(4)12-13-31(40-26)17-23-16-22(39-31)11-10-19(3)14-18(2)8-7-9-24-29(34)38-28-27(33)21(5)15-25(30(35)37-23)32(24,28)36/h7-10,15,18,20,22-23,25-29,33-34,36H,6,11-14,16-17H2,1-5H3/b8-7+,19-10+,24-9+/t18-,20-,22+,23-,25-,26+,27+,28+,29?,31+,32+/m0/s1. The van der Waals surface area contributed by atoms with Crippen LogP contribution in [0.1, 0.15) is 79.6 Å². The quantitative estimate of drug-likeness (QED) is 0.323. The summed E-state index contributed by atoms with van der Waals surface area (Å²) in [5.74, 6) is -1.97. The summed E-state index contributed by atoms with van der Waals surface area (Å²) in [7, 11) is 0. The molecule has 11 atom stereocenters. The van der Waals surface area contributed by atoms with Gasteiger partial charge in [0.1, 0.15) is 29.8 Å². The molecule has 3 fully saturated rings. The third-order valence-electron chi connectivity index (χ3n) is 9.55. The number of aliphatic hydroxyl groups is 3. The fraction of sp³-hybridized carbons (Fsp3) is 0.719. The molecule has 8 heteroatoms. The van der Waals surface area contributed by atoms with Gasteiger partial charge >= 0.3 is 5.97 Å². The predicted molar refractivity (Wildman–Crippen MR) is 149 cm³/mol. The van der Waals surface area contributed by atoms with E-state index in [4.69, 9.17) is 18.9 Å². The monoisotopic (exact) mass is 558 g/mol. The molecule has 222 valence electrons. The second-order valence-electron chi connectivity index (χ2n) is 12.8. The average Bonchev–Trinajstić information content (AvgIpc) is 3.16. The minimum Gasteiger partial charge on any atom is -0.462 e. The van der Waals surface area contributed by atoms with E-state index < -0.39 is 47.9 Å². The Labute approximate surface area is 237 Å². The molecule has 1 spiro atoms. The van der Waals surface area contributed by atoms with E-state index in [1.54, 1.807) is 25.2 Å². The Balaban J connectivity index is 1.53. The molecule has 3 N–H and O–H groups in total. The van der Waals surface area contributed by atoms with E-state index in [9.17, 15) is 20.1 Å². The Morgan fingerprint density at radius 1 is 1.12 bits per heavy atom. The fourth-order valence-electron chi connectivity index (χ4n) is 7.28. The Morgan fingerprint density at radius 2 is 1.90 bits per heavy atom. The van der Waals surface area contributed by atoms with E-state index in [1.165, 1.54) is 5.57 Å². The molecule has 0 radical (unpaired) electrons. The summed E-state index contributed by atoms with van der Waals surface area (Å²) in [6.07, 6.45) is 9.79. The minimum atomic E-state index is -1.96. The molecule has 40 heavy (non-hydrogen) atoms. The summed E-state index contributed by atoms with van der Waals surface area (Å²) in [4.78, 5) is 13.9. The maximum Gasteiger partial charge on any atom is 0.316 e. The van der Waals surface area contributed by atoms with E-state index in [0.717, 1.165) is 25.7 Å². The summed E-state index contributed by atoms with van der Waals surface area (Å²) < 4.78 is 25.1. The lowest BCUT2D eigenvalue weighted by Gasteiger charge is -2.49. The number of allylic oxidation sites excluding steroid dienone is 4. The normalized spacial score (nSPS) is 49.6. The molecule has 8 nitrogen and oxygen atoms in total. The smallest absolute Gasteiger partial charge is 0.316 e. The molecule has 0 aromatic rings. The SMILES string of the molecule is CC[C@H]1O[C@]2(CC[C@@H]1C)C[C@@H]1C[C@@H](C/C=C(\C)C[C@@H](C)/C=C/C=C3\C(O)O[C@@H]4[C@H](O)C(C)=C[C@@H](C(=O)O1)[C@]34O)O2. The fourth-order valence-corrected chi connectivity index (χ4v) is 7.28. The molecule has 4 heterocycles. The topological polar surface area (TPSA) is 115 Å². The number of fused-ring (bicyclic) bond motifs is 2. The zero-order valence-electron chi connectivity index (χ0n) is 24.4. The van der Waals surface area contributed by atoms with Gasteiger partial charge in [-0.25, -0.2) is 0 Å². The van der Waals surface area contributed by atoms with Crippen molar-refractivity contribution in [1.29, 1.82) is 0 Å². The summed E-state index contributed by atoms with van der Waals surface area (Å²) in [6, 6.07) is 0. The van der Waals surface area contributed by atoms with Crippen molar-refractivity contribution in [2.24, 2.45) is 17.8 Å². The Bertz CT molecular complexity index is 1090. The summed E-state index contributed by atoms with van der Waals surface area (Å²) in [5.41, 5.74) is -0.0950. The zero-order chi connectivity index (χ0) is 28.8. The van der Waals surface area contributed by atoms with Crippen molar-refractivity contribution >= 4 is 5.97 Å². The first-order valence-corrected chi connectivity index (χ1v) is 15.0. The van der Waals surface area contributed by atoms with Gasteiger partial charge < -0.3 is 34.3 Å². The number of carbonyl (C=O) groups excluding carboxylic acids is 1. The van der Waals surface area contributed by atoms with Crippen molar-refractivity contribution in [3.05, 3.63) is 47.1 Å². The largest absolute Gasteiger partial charge is 0.462 e. The Morgan fingerprint density at radius 3 is 2.65 bits per heavy atom. The van der Waals surface area contributed by atoms with Gasteiger partial charge in [-0.1, -0.05) is 56.7 Å². The first-order chi connectivity index (χ1) is 19.0. The Kier molecular flexibility index (Phi) is 8.50. The first-order valence-electron chi connectivity index (χ1n) is 15.0. The number of esters is 1. The van der Waals surface area contributed by atoms with E-state index in [1.807, 2.05) is 6.08 Å². The maximum atomic E-state index is 13.9. The molecule has 4 aliphatic heterocycles. The molecular weight excluding hydrogens is 512 g/mol. The summed E-state index contributed by atoms with van der Waals surface area (Å²) in [6.45, 7) is 10.2. The van der Waals surface area contributed by atoms with Gasteiger partial charge in [-0.15, -0.1) is 0 Å². The van der Waals surface area contributed by atoms with Crippen LogP contribution in [0.3, 0.4) is 0 Å². The van der Waals surface area contributed by atoms with Crippen LogP contribution in [0.15, 0.2) is 47.1 Å². The van der Waals surface area contributed by atoms with Crippen molar-refractivity contribution in [3.63, 3.8) is 0 Å². The van der Waals surface area contributed by atoms with Crippen LogP contribution in [0.4, 0.5) is 0 Å². The van der Waals surface area contributed by atoms with E-state index >= 15 is 0 Å². The molecule has 0 amide bonds. The summed E-state index contributed by atoms with van der Waals surface area (Å²) in [5, 5.41) is 33.7. The molecule has 3 saturated heterocycles. The molecule has 1 unspecified atom stereocenters. The lowest BCUT2D eigenvalue weighted by molar-refractivity contribution is -0.335. The van der Waals surface area contributed by atoms with Crippen LogP contribution >= 0.6 is 0 Å². The van der Waals surface area contributed by atoms with Crippen molar-refractivity contribution in [3.8, 4) is 0 Å². The molecule has 0 saturated carbocycles. The lowest BCUT2D eigenvalue weighted by atomic mass is 9.70. The van der Waals surface area contributed by atoms with Gasteiger partial charge in [0.15, 0.2) is 12.1 Å². The third kappa shape index (κ3) is 5.51. The van der Waals surface area contributed by atoms with Crippen molar-refractivity contribution < 1.29 is 39.1 Å². The summed E-state index contributed by atoms with van der Waals surface area (Å²) >= 11 is 0. The lowest BCUT2D eigenvalue weighted by Crippen LogP contribution is -2.58. The van der Waals surface area contributed by atoms with Crippen molar-refractivity contribution in [2.75, 3.05) is 0 Å². The zero-order valence-corrected chi connectivity index (χ0v) is 24.4. The molecule has 2 bridgehead atoms. The van der Waals surface area contributed by atoms with Crippen LogP contribution in [-0.2, 0) is 23.7 Å². The number of hydrogen-bond acceptors (Lipinski definition) is 8. The highest BCUT2D eigenvalue weighted by atomic mass is 16.7. The number of ether oxygens (including phenoxy) is 4. The van der Waals surface area contributed by atoms with Gasteiger partial charge in [-0.05, 0) is 56.9 Å². The van der Waals surface area contributed by atoms with Crippen molar-refractivity contribution in [2.45, 2.75) is 128 Å². The third-order valence-corrected chi connectivity index (χ3v) is 9.55. The molecular formula is C32H46O8. The van der Waals surface area contributed by atoms with E-state index in [0.29, 0.717) is 30.8 Å². The number of carbonyl (C=O) groups is 1. The highest BCUT2D eigenvalue weighted by Crippen LogP contribution is 2.48. The minimum absolute atomic E-state index is 0.0725. The van der Waals surface area contributed by atoms with Crippen LogP contribution in [0.5, 0.6) is 0 Å². The van der Waals surface area contributed by atoms with Gasteiger partial charge in [0.05, 0.1) is 12.2 Å². The second kappa shape index (κ2) is 11.5. The molecule has 0 aromatic heterocycles. The van der Waals surface area contributed by atoms with Gasteiger partial charge in [-0.3, -0.25) is 4.79 Å².